The number of carbonyl (C=O) groups excluding carboxylic acids is 1. The van der Waals surface area contributed by atoms with Crippen molar-refractivity contribution in [2.24, 2.45) is 4.99 Å². The molecular formula is C18H18ClFN4O. The Morgan fingerprint density at radius 2 is 2.04 bits per heavy atom. The average Bonchev–Trinajstić information content (AvgIpc) is 2.93. The van der Waals surface area contributed by atoms with Crippen LogP contribution in [-0.2, 0) is 0 Å². The van der Waals surface area contributed by atoms with E-state index >= 15 is 0 Å². The largest absolute Gasteiger partial charge is 0.342 e. The number of allylic oxidation sites excluding steroid dienone is 2. The third-order valence-corrected chi connectivity index (χ3v) is 4.84. The van der Waals surface area contributed by atoms with Crippen LogP contribution >= 0.6 is 11.6 Å². The minimum atomic E-state index is -0.374. The first-order chi connectivity index (χ1) is 11.8. The van der Waals surface area contributed by atoms with E-state index in [1.165, 1.54) is 18.2 Å². The zero-order valence-corrected chi connectivity index (χ0v) is 15.0. The summed E-state index contributed by atoms with van der Waals surface area (Å²) in [6, 6.07) is 4.09. The number of hydrogen-bond acceptors (Lipinski definition) is 4. The molecule has 0 saturated carbocycles. The number of aliphatic imine (C=N–C) groups is 1. The molecule has 1 aromatic carbocycles. The van der Waals surface area contributed by atoms with Crippen LogP contribution in [0.3, 0.4) is 0 Å². The Hall–Kier alpha value is -2.47. The van der Waals surface area contributed by atoms with Crippen LogP contribution in [0.5, 0.6) is 0 Å². The van der Waals surface area contributed by atoms with Gasteiger partial charge in [-0.15, -0.1) is 0 Å². The number of aryl methyl sites for hydroxylation is 1. The number of nitrogens with zero attached hydrogens (tertiary/aromatic N) is 2. The Kier molecular flexibility index (Phi) is 4.47. The van der Waals surface area contributed by atoms with Crippen molar-refractivity contribution in [3.8, 4) is 0 Å². The summed E-state index contributed by atoms with van der Waals surface area (Å²) in [5.41, 5.74) is 3.45. The molecule has 2 N–H and O–H groups in total. The van der Waals surface area contributed by atoms with Crippen molar-refractivity contribution in [1.82, 2.24) is 10.2 Å². The van der Waals surface area contributed by atoms with Crippen molar-refractivity contribution in [3.05, 3.63) is 57.3 Å². The lowest BCUT2D eigenvalue weighted by molar-refractivity contribution is 0.0803. The van der Waals surface area contributed by atoms with Crippen molar-refractivity contribution in [1.29, 1.82) is 5.41 Å². The Morgan fingerprint density at radius 1 is 1.32 bits per heavy atom. The Morgan fingerprint density at radius 3 is 2.68 bits per heavy atom. The van der Waals surface area contributed by atoms with Crippen LogP contribution in [0.25, 0.3) is 0 Å². The number of carbonyl (C=O) groups is 1. The summed E-state index contributed by atoms with van der Waals surface area (Å²) in [6.45, 7) is 5.81. The zero-order valence-electron chi connectivity index (χ0n) is 14.2. The number of halogens is 2. The maximum Gasteiger partial charge on any atom is 0.254 e. The second-order valence-corrected chi connectivity index (χ2v) is 6.57. The highest BCUT2D eigenvalue weighted by Crippen LogP contribution is 2.24. The third kappa shape index (κ3) is 3.22. The summed E-state index contributed by atoms with van der Waals surface area (Å²) in [5.74, 6) is -0.0448. The Balaban J connectivity index is 1.88. The van der Waals surface area contributed by atoms with Crippen LogP contribution in [0, 0.1) is 18.2 Å². The van der Waals surface area contributed by atoms with Gasteiger partial charge in [-0.25, -0.2) is 9.38 Å². The first-order valence-electron chi connectivity index (χ1n) is 7.83. The van der Waals surface area contributed by atoms with Gasteiger partial charge in [-0.05, 0) is 44.5 Å². The highest BCUT2D eigenvalue weighted by Gasteiger charge is 2.31. The third-order valence-electron chi connectivity index (χ3n) is 4.29. The number of amides is 1. The van der Waals surface area contributed by atoms with Gasteiger partial charge in [0.05, 0.1) is 29.5 Å². The monoisotopic (exact) mass is 360 g/mol. The molecule has 2 heterocycles. The Labute approximate surface area is 150 Å². The molecule has 0 atom stereocenters. The number of rotatable bonds is 1. The van der Waals surface area contributed by atoms with Crippen LogP contribution < -0.4 is 5.32 Å². The van der Waals surface area contributed by atoms with Crippen molar-refractivity contribution in [2.75, 3.05) is 13.1 Å². The predicted molar refractivity (Wildman–Crippen MR) is 96.6 cm³/mol. The van der Waals surface area contributed by atoms with Gasteiger partial charge in [0.25, 0.3) is 5.91 Å². The van der Waals surface area contributed by atoms with Crippen LogP contribution in [0.1, 0.15) is 29.8 Å². The van der Waals surface area contributed by atoms with Crippen molar-refractivity contribution >= 4 is 28.9 Å². The van der Waals surface area contributed by atoms with E-state index in [1.807, 2.05) is 6.92 Å². The van der Waals surface area contributed by atoms with Gasteiger partial charge in [0.15, 0.2) is 0 Å². The van der Waals surface area contributed by atoms with E-state index in [-0.39, 0.29) is 24.8 Å². The van der Waals surface area contributed by atoms with Crippen LogP contribution in [-0.4, -0.2) is 35.3 Å². The lowest BCUT2D eigenvalue weighted by Crippen LogP contribution is -2.29. The summed E-state index contributed by atoms with van der Waals surface area (Å²) in [4.78, 5) is 18.7. The van der Waals surface area contributed by atoms with Crippen LogP contribution in [0.15, 0.2) is 45.3 Å². The maximum atomic E-state index is 13.3. The summed E-state index contributed by atoms with van der Waals surface area (Å²) < 4.78 is 13.3. The smallest absolute Gasteiger partial charge is 0.254 e. The minimum absolute atomic E-state index is 0.196. The van der Waals surface area contributed by atoms with Gasteiger partial charge in [0, 0.05) is 16.8 Å². The molecule has 2 aliphatic rings. The van der Waals surface area contributed by atoms with E-state index in [2.05, 4.69) is 10.3 Å². The van der Waals surface area contributed by atoms with Gasteiger partial charge in [0.1, 0.15) is 11.6 Å². The van der Waals surface area contributed by atoms with Crippen molar-refractivity contribution in [3.63, 3.8) is 0 Å². The molecule has 1 fully saturated rings. The molecule has 0 unspecified atom stereocenters. The van der Waals surface area contributed by atoms with Gasteiger partial charge in [0.2, 0.25) is 0 Å². The van der Waals surface area contributed by atoms with Gasteiger partial charge in [-0.2, -0.15) is 0 Å². The topological polar surface area (TPSA) is 68.5 Å². The average molecular weight is 361 g/mol. The highest BCUT2D eigenvalue weighted by molar-refractivity contribution is 6.43. The van der Waals surface area contributed by atoms with Crippen molar-refractivity contribution < 1.29 is 9.18 Å². The Bertz CT molecular complexity index is 885. The van der Waals surface area contributed by atoms with E-state index in [0.29, 0.717) is 39.0 Å². The number of hydrogen-bond donors (Lipinski definition) is 2. The maximum absolute atomic E-state index is 13.3. The summed E-state index contributed by atoms with van der Waals surface area (Å²) in [6.07, 6.45) is 0. The first-order valence-corrected chi connectivity index (χ1v) is 8.21. The molecule has 7 heteroatoms. The first kappa shape index (κ1) is 17.4. The summed E-state index contributed by atoms with van der Waals surface area (Å²) >= 11 is 6.13. The minimum Gasteiger partial charge on any atom is -0.342 e. The van der Waals surface area contributed by atoms with Gasteiger partial charge in [-0.3, -0.25) is 4.79 Å². The number of benzene rings is 1. The van der Waals surface area contributed by atoms with E-state index in [0.717, 1.165) is 5.70 Å². The van der Waals surface area contributed by atoms with Crippen LogP contribution in [0.2, 0.25) is 0 Å². The van der Waals surface area contributed by atoms with Crippen LogP contribution in [0.4, 0.5) is 4.39 Å². The van der Waals surface area contributed by atoms with Crippen molar-refractivity contribution in [2.45, 2.75) is 20.8 Å². The van der Waals surface area contributed by atoms with Gasteiger partial charge in [-0.1, -0.05) is 11.6 Å². The van der Waals surface area contributed by atoms with E-state index < -0.39 is 0 Å². The molecule has 0 aliphatic carbocycles. The molecular weight excluding hydrogens is 343 g/mol. The molecule has 1 aromatic rings. The molecule has 130 valence electrons. The summed E-state index contributed by atoms with van der Waals surface area (Å²) in [5, 5.41) is 11.9. The summed E-state index contributed by atoms with van der Waals surface area (Å²) in [7, 11) is 0. The fraction of sp³-hybridized carbons (Fsp3) is 0.278. The number of nitrogens with one attached hydrogen (secondary N) is 2. The molecule has 0 bridgehead atoms. The molecule has 0 radical (unpaired) electrons. The molecule has 2 aliphatic heterocycles. The lowest BCUT2D eigenvalue weighted by Gasteiger charge is -2.19. The SMILES string of the molecule is CC1=N/C(=C2\CN(C(=O)c3ccc(F)cc3C)CC2=N)NC(C)=C1Cl. The van der Waals surface area contributed by atoms with E-state index in [9.17, 15) is 9.18 Å². The number of likely N-dealkylation sites (tertiary alicyclic amines) is 1. The molecule has 0 aromatic heterocycles. The van der Waals surface area contributed by atoms with E-state index in [1.54, 1.807) is 18.7 Å². The lowest BCUT2D eigenvalue weighted by atomic mass is 10.1. The second-order valence-electron chi connectivity index (χ2n) is 6.19. The normalized spacial score (nSPS) is 20.8. The van der Waals surface area contributed by atoms with E-state index in [4.69, 9.17) is 17.0 Å². The molecule has 0 spiro atoms. The van der Waals surface area contributed by atoms with Gasteiger partial charge < -0.3 is 15.6 Å². The fourth-order valence-electron chi connectivity index (χ4n) is 2.92. The molecule has 5 nitrogen and oxygen atoms in total. The molecule has 1 amide bonds. The highest BCUT2D eigenvalue weighted by atomic mass is 35.5. The molecule has 3 rings (SSSR count). The molecule has 25 heavy (non-hydrogen) atoms. The molecule has 1 saturated heterocycles. The zero-order chi connectivity index (χ0) is 18.3. The fourth-order valence-corrected chi connectivity index (χ4v) is 3.01. The predicted octanol–water partition coefficient (Wildman–Crippen LogP) is 3.36. The van der Waals surface area contributed by atoms with Gasteiger partial charge >= 0.3 is 0 Å². The second kappa shape index (κ2) is 6.44. The standard InChI is InChI=1S/C18H18ClFN4O/c1-9-6-12(20)4-5-13(9)18(25)24-7-14(15(21)8-24)17-22-10(2)16(19)11(3)23-17/h4-6,21-22H,7-8H2,1-3H3/b17-14+,21-15?. The quantitative estimate of drug-likeness (QED) is 0.806.